The molecule has 0 aromatic heterocycles. The van der Waals surface area contributed by atoms with E-state index in [0.29, 0.717) is 25.0 Å². The Morgan fingerprint density at radius 1 is 0.929 bits per heavy atom. The van der Waals surface area contributed by atoms with Crippen molar-refractivity contribution in [1.82, 2.24) is 5.32 Å². The normalized spacial score (nSPS) is 12.0. The van der Waals surface area contributed by atoms with Crippen LogP contribution in [0.25, 0.3) is 0 Å². The molecule has 12 heteroatoms. The first-order valence-corrected chi connectivity index (χ1v) is 8.10. The summed E-state index contributed by atoms with van der Waals surface area (Å²) in [4.78, 5) is 22.7. The first kappa shape index (κ1) is 23.7. The van der Waals surface area contributed by atoms with Crippen LogP contribution in [0.4, 0.5) is 32.0 Å². The Labute approximate surface area is 155 Å². The van der Waals surface area contributed by atoms with Crippen LogP contribution >= 0.6 is 0 Å². The molecule has 1 aromatic carbocycles. The quantitative estimate of drug-likeness (QED) is 0.282. The third kappa shape index (κ3) is 6.68. The highest BCUT2D eigenvalue weighted by Gasteiger charge is 2.58. The van der Waals surface area contributed by atoms with Crippen molar-refractivity contribution < 1.29 is 46.1 Å². The van der Waals surface area contributed by atoms with Crippen LogP contribution in [0.5, 0.6) is 0 Å². The zero-order chi connectivity index (χ0) is 21.5. The monoisotopic (exact) mass is 416 g/mol. The van der Waals surface area contributed by atoms with Gasteiger partial charge < -0.3 is 20.8 Å². The Bertz CT molecular complexity index is 686. The molecule has 0 aliphatic rings. The minimum atomic E-state index is -5.53. The third-order valence-corrected chi connectivity index (χ3v) is 3.60. The molecule has 1 rings (SSSR count). The molecule has 0 heterocycles. The van der Waals surface area contributed by atoms with E-state index in [2.05, 4.69) is 0 Å². The molecule has 28 heavy (non-hydrogen) atoms. The Morgan fingerprint density at radius 2 is 1.46 bits per heavy atom. The number of halogens is 6. The molecule has 0 radical (unpaired) electrons. The van der Waals surface area contributed by atoms with Gasteiger partial charge in [0.2, 0.25) is 5.91 Å². The molecule has 0 spiro atoms. The van der Waals surface area contributed by atoms with Crippen LogP contribution in [0.15, 0.2) is 12.1 Å². The number of hydrogen-bond acceptors (Lipinski definition) is 4. The summed E-state index contributed by atoms with van der Waals surface area (Å²) < 4.78 is 76.1. The molecule has 158 valence electrons. The first-order valence-electron chi connectivity index (χ1n) is 8.10. The molecular formula is C16H18F6N2O4. The van der Waals surface area contributed by atoms with E-state index in [1.54, 1.807) is 5.32 Å². The second-order valence-corrected chi connectivity index (χ2v) is 5.88. The minimum Gasteiger partial charge on any atom is -0.351 e. The summed E-state index contributed by atoms with van der Waals surface area (Å²) in [5.41, 5.74) is -0.768. The topological polar surface area (TPSA) is 98.7 Å². The van der Waals surface area contributed by atoms with E-state index in [1.165, 1.54) is 0 Å². The van der Waals surface area contributed by atoms with E-state index < -0.39 is 46.9 Å². The molecule has 0 bridgehead atoms. The summed E-state index contributed by atoms with van der Waals surface area (Å²) in [6.45, 7) is -0.254. The maximum absolute atomic E-state index is 13.4. The van der Waals surface area contributed by atoms with Crippen molar-refractivity contribution in [3.63, 3.8) is 0 Å². The summed E-state index contributed by atoms with van der Waals surface area (Å²) in [5.74, 6) is -10.8. The smallest absolute Gasteiger partial charge is 0.351 e. The highest BCUT2D eigenvalue weighted by molar-refractivity contribution is 5.90. The second kappa shape index (κ2) is 9.73. The largest absolute Gasteiger partial charge is 0.453 e. The van der Waals surface area contributed by atoms with Gasteiger partial charge in [-0.05, 0) is 12.8 Å². The van der Waals surface area contributed by atoms with Crippen molar-refractivity contribution in [3.05, 3.63) is 29.6 Å². The van der Waals surface area contributed by atoms with E-state index in [4.69, 9.17) is 10.2 Å². The highest BCUT2D eigenvalue weighted by Crippen LogP contribution is 2.28. The van der Waals surface area contributed by atoms with Gasteiger partial charge in [-0.15, -0.1) is 0 Å². The molecule has 0 saturated carbocycles. The predicted octanol–water partition coefficient (Wildman–Crippen LogP) is 2.35. The lowest BCUT2D eigenvalue weighted by Gasteiger charge is -2.22. The van der Waals surface area contributed by atoms with Gasteiger partial charge in [-0.2, -0.15) is 13.2 Å². The number of carbonyl (C=O) groups excluding carboxylic acids is 2. The Hall–Kier alpha value is -2.34. The van der Waals surface area contributed by atoms with Gasteiger partial charge in [0.15, 0.2) is 11.6 Å². The molecule has 4 N–H and O–H groups in total. The van der Waals surface area contributed by atoms with Gasteiger partial charge in [-0.3, -0.25) is 9.59 Å². The number of alkyl halides is 3. The van der Waals surface area contributed by atoms with Crippen LogP contribution < -0.4 is 10.6 Å². The molecule has 0 fully saturated rings. The van der Waals surface area contributed by atoms with Crippen molar-refractivity contribution in [2.45, 2.75) is 44.1 Å². The van der Waals surface area contributed by atoms with Crippen molar-refractivity contribution in [1.29, 1.82) is 0 Å². The number of amides is 2. The van der Waals surface area contributed by atoms with Crippen molar-refractivity contribution in [2.24, 2.45) is 0 Å². The fourth-order valence-electron chi connectivity index (χ4n) is 2.08. The van der Waals surface area contributed by atoms with Gasteiger partial charge in [0.1, 0.15) is 11.5 Å². The van der Waals surface area contributed by atoms with Crippen LogP contribution in [-0.2, 0) is 9.59 Å². The first-order chi connectivity index (χ1) is 12.9. The van der Waals surface area contributed by atoms with Crippen LogP contribution in [0.1, 0.15) is 32.1 Å². The van der Waals surface area contributed by atoms with Crippen molar-refractivity contribution in [3.8, 4) is 0 Å². The zero-order valence-corrected chi connectivity index (χ0v) is 14.4. The molecule has 2 amide bonds. The maximum atomic E-state index is 13.4. The fourth-order valence-corrected chi connectivity index (χ4v) is 2.08. The van der Waals surface area contributed by atoms with Crippen LogP contribution in [0.3, 0.4) is 0 Å². The Kier molecular flexibility index (Phi) is 8.24. The minimum absolute atomic E-state index is 0.118. The number of nitrogens with one attached hydrogen (secondary N) is 2. The molecule has 0 unspecified atom stereocenters. The lowest BCUT2D eigenvalue weighted by molar-refractivity contribution is -0.328. The lowest BCUT2D eigenvalue weighted by Crippen LogP contribution is -2.57. The molecular weight excluding hydrogens is 398 g/mol. The van der Waals surface area contributed by atoms with E-state index in [0.717, 1.165) is 0 Å². The predicted molar refractivity (Wildman–Crippen MR) is 84.3 cm³/mol. The lowest BCUT2D eigenvalue weighted by atomic mass is 10.1. The molecule has 6 nitrogen and oxygen atoms in total. The number of unbranched alkanes of at least 4 members (excludes halogenated alkanes) is 3. The summed E-state index contributed by atoms with van der Waals surface area (Å²) in [6.07, 6.45) is -4.40. The summed E-state index contributed by atoms with van der Waals surface area (Å²) >= 11 is 0. The summed E-state index contributed by atoms with van der Waals surface area (Å²) in [5, 5.41) is 21.1. The van der Waals surface area contributed by atoms with E-state index >= 15 is 0 Å². The SMILES string of the molecule is O=C(CCCCCCNC(=O)C(O)(O)C(F)(F)F)Nc1c(F)cc(F)cc1F. The van der Waals surface area contributed by atoms with Gasteiger partial charge >= 0.3 is 12.0 Å². The molecule has 0 aliphatic heterocycles. The molecule has 0 atom stereocenters. The number of carbonyl (C=O) groups is 2. The maximum Gasteiger partial charge on any atom is 0.453 e. The summed E-state index contributed by atoms with van der Waals surface area (Å²) in [7, 11) is 0. The van der Waals surface area contributed by atoms with Gasteiger partial charge in [0.25, 0.3) is 5.91 Å². The summed E-state index contributed by atoms with van der Waals surface area (Å²) in [6, 6.07) is 0.832. The zero-order valence-electron chi connectivity index (χ0n) is 14.4. The van der Waals surface area contributed by atoms with E-state index in [9.17, 15) is 35.9 Å². The fraction of sp³-hybridized carbons (Fsp3) is 0.500. The van der Waals surface area contributed by atoms with Gasteiger partial charge in [0.05, 0.1) is 0 Å². The van der Waals surface area contributed by atoms with Gasteiger partial charge in [-0.25, -0.2) is 13.2 Å². The molecule has 1 aromatic rings. The van der Waals surface area contributed by atoms with E-state index in [1.807, 2.05) is 5.32 Å². The second-order valence-electron chi connectivity index (χ2n) is 5.88. The molecule has 0 aliphatic carbocycles. The number of rotatable bonds is 9. The third-order valence-electron chi connectivity index (χ3n) is 3.60. The Balaban J connectivity index is 2.25. The highest BCUT2D eigenvalue weighted by atomic mass is 19.4. The molecule has 0 saturated heterocycles. The van der Waals surface area contributed by atoms with Crippen LogP contribution in [0, 0.1) is 17.5 Å². The van der Waals surface area contributed by atoms with Crippen LogP contribution in [-0.4, -0.2) is 40.5 Å². The standard InChI is InChI=1S/C16H18F6N2O4/c17-9-7-10(18)13(11(19)8-9)24-12(25)5-3-1-2-4-6-23-14(26)15(27,28)16(20,21)22/h7-8,27-28H,1-6H2,(H,23,26)(H,24,25). The van der Waals surface area contributed by atoms with Crippen molar-refractivity contribution in [2.75, 3.05) is 11.9 Å². The van der Waals surface area contributed by atoms with Gasteiger partial charge in [0, 0.05) is 25.1 Å². The number of anilines is 1. The number of hydrogen-bond donors (Lipinski definition) is 4. The van der Waals surface area contributed by atoms with Crippen LogP contribution in [0.2, 0.25) is 0 Å². The average molecular weight is 416 g/mol. The average Bonchev–Trinajstić information content (AvgIpc) is 2.55. The van der Waals surface area contributed by atoms with Crippen molar-refractivity contribution >= 4 is 17.5 Å². The Morgan fingerprint density at radius 3 is 2.00 bits per heavy atom. The van der Waals surface area contributed by atoms with Gasteiger partial charge in [-0.1, -0.05) is 12.8 Å². The number of aliphatic hydroxyl groups is 2. The van der Waals surface area contributed by atoms with E-state index in [-0.39, 0.29) is 25.8 Å². The number of benzene rings is 1.